The summed E-state index contributed by atoms with van der Waals surface area (Å²) in [5.41, 5.74) is 4.52. The highest BCUT2D eigenvalue weighted by molar-refractivity contribution is 5.30. The fraction of sp³-hybridized carbons (Fsp3) is 0.154. The van der Waals surface area contributed by atoms with Gasteiger partial charge in [0.05, 0.1) is 17.4 Å². The Morgan fingerprint density at radius 2 is 2.12 bits per heavy atom. The summed E-state index contributed by atoms with van der Waals surface area (Å²) in [6, 6.07) is 11.7. The van der Waals surface area contributed by atoms with Crippen LogP contribution in [0.5, 0.6) is 0 Å². The minimum Gasteiger partial charge on any atom is -0.271 e. The first kappa shape index (κ1) is 11.4. The molecule has 1 atom stereocenters. The van der Waals surface area contributed by atoms with Crippen LogP contribution in [0.15, 0.2) is 42.6 Å². The maximum atomic E-state index is 5.44. The summed E-state index contributed by atoms with van der Waals surface area (Å²) in [6.07, 6.45) is 7.69. The van der Waals surface area contributed by atoms with Crippen molar-refractivity contribution in [2.45, 2.75) is 12.5 Å². The minimum absolute atomic E-state index is 0.107. The lowest BCUT2D eigenvalue weighted by Gasteiger charge is -2.09. The van der Waals surface area contributed by atoms with Gasteiger partial charge >= 0.3 is 0 Å². The lowest BCUT2D eigenvalue weighted by atomic mass is 10.1. The first-order valence-electron chi connectivity index (χ1n) is 5.35. The van der Waals surface area contributed by atoms with Gasteiger partial charge in [0.1, 0.15) is 0 Å². The molecular weight excluding hydrogens is 212 g/mol. The van der Waals surface area contributed by atoms with Crippen LogP contribution < -0.4 is 11.3 Å². The highest BCUT2D eigenvalue weighted by Gasteiger charge is 2.11. The molecule has 0 aliphatic carbocycles. The smallest absolute Gasteiger partial charge is 0.0821 e. The van der Waals surface area contributed by atoms with Gasteiger partial charge in [0.25, 0.3) is 0 Å². The van der Waals surface area contributed by atoms with Crippen molar-refractivity contribution >= 4 is 0 Å². The molecule has 0 spiro atoms. The van der Waals surface area contributed by atoms with Crippen molar-refractivity contribution in [3.63, 3.8) is 0 Å². The summed E-state index contributed by atoms with van der Waals surface area (Å²) in [4.78, 5) is 0. The third kappa shape index (κ3) is 2.53. The Morgan fingerprint density at radius 3 is 2.76 bits per heavy atom. The zero-order chi connectivity index (χ0) is 12.1. The number of nitrogens with two attached hydrogens (primary N) is 1. The largest absolute Gasteiger partial charge is 0.271 e. The highest BCUT2D eigenvalue weighted by atomic mass is 15.3. The molecule has 0 aliphatic rings. The molecule has 4 nitrogen and oxygen atoms in total. The van der Waals surface area contributed by atoms with E-state index in [1.807, 2.05) is 42.6 Å². The van der Waals surface area contributed by atoms with E-state index in [2.05, 4.69) is 16.4 Å². The number of terminal acetylenes is 1. The second-order valence-corrected chi connectivity index (χ2v) is 3.65. The second-order valence-electron chi connectivity index (χ2n) is 3.65. The van der Waals surface area contributed by atoms with Crippen molar-refractivity contribution in [2.24, 2.45) is 5.84 Å². The third-order valence-corrected chi connectivity index (χ3v) is 2.51. The van der Waals surface area contributed by atoms with Gasteiger partial charge in [-0.15, -0.1) is 12.3 Å². The first-order valence-corrected chi connectivity index (χ1v) is 5.35. The summed E-state index contributed by atoms with van der Waals surface area (Å²) in [7, 11) is 0. The van der Waals surface area contributed by atoms with E-state index in [0.29, 0.717) is 6.42 Å². The van der Waals surface area contributed by atoms with E-state index in [1.54, 1.807) is 4.68 Å². The Labute approximate surface area is 100 Å². The molecule has 1 aromatic heterocycles. The molecule has 0 amide bonds. The van der Waals surface area contributed by atoms with Crippen LogP contribution in [-0.2, 0) is 0 Å². The van der Waals surface area contributed by atoms with Crippen LogP contribution in [0.25, 0.3) is 5.69 Å². The molecule has 0 radical (unpaired) electrons. The van der Waals surface area contributed by atoms with Gasteiger partial charge in [-0.05, 0) is 18.2 Å². The Kier molecular flexibility index (Phi) is 3.55. The maximum Gasteiger partial charge on any atom is 0.0821 e. The summed E-state index contributed by atoms with van der Waals surface area (Å²) in [6.45, 7) is 0. The van der Waals surface area contributed by atoms with Crippen LogP contribution in [0.4, 0.5) is 0 Å². The van der Waals surface area contributed by atoms with Crippen LogP contribution in [0.2, 0.25) is 0 Å². The molecule has 86 valence electrons. The zero-order valence-corrected chi connectivity index (χ0v) is 9.38. The van der Waals surface area contributed by atoms with Crippen LogP contribution in [0.1, 0.15) is 18.2 Å². The molecule has 0 aliphatic heterocycles. The number of nitrogens with zero attached hydrogens (tertiary/aromatic N) is 2. The Bertz CT molecular complexity index is 510. The van der Waals surface area contributed by atoms with Crippen LogP contribution in [0, 0.1) is 12.3 Å². The first-order chi connectivity index (χ1) is 8.35. The molecule has 1 unspecified atom stereocenters. The van der Waals surface area contributed by atoms with E-state index >= 15 is 0 Å². The summed E-state index contributed by atoms with van der Waals surface area (Å²) in [5, 5.41) is 4.45. The van der Waals surface area contributed by atoms with Crippen LogP contribution >= 0.6 is 0 Å². The van der Waals surface area contributed by atoms with Gasteiger partial charge in [-0.1, -0.05) is 18.2 Å². The van der Waals surface area contributed by atoms with Crippen molar-refractivity contribution < 1.29 is 0 Å². The molecule has 0 saturated carbocycles. The fourth-order valence-corrected chi connectivity index (χ4v) is 1.62. The maximum absolute atomic E-state index is 5.44. The molecule has 0 bridgehead atoms. The monoisotopic (exact) mass is 226 g/mol. The van der Waals surface area contributed by atoms with Crippen molar-refractivity contribution in [2.75, 3.05) is 0 Å². The molecular formula is C13H14N4. The molecule has 3 N–H and O–H groups in total. The van der Waals surface area contributed by atoms with Gasteiger partial charge in [0.15, 0.2) is 0 Å². The molecule has 1 heterocycles. The van der Waals surface area contributed by atoms with Crippen molar-refractivity contribution in [3.05, 3.63) is 48.3 Å². The van der Waals surface area contributed by atoms with Gasteiger partial charge < -0.3 is 0 Å². The van der Waals surface area contributed by atoms with Crippen LogP contribution in [-0.4, -0.2) is 9.78 Å². The van der Waals surface area contributed by atoms with E-state index in [1.165, 1.54) is 0 Å². The Morgan fingerprint density at radius 1 is 1.35 bits per heavy atom. The van der Waals surface area contributed by atoms with Crippen LogP contribution in [0.3, 0.4) is 0 Å². The summed E-state index contributed by atoms with van der Waals surface area (Å²) >= 11 is 0. The quantitative estimate of drug-likeness (QED) is 0.470. The number of para-hydroxylation sites is 1. The standard InChI is InChI=1S/C13H14N4/c1-2-6-12(15-14)13-9-10-17(16-13)11-7-4-3-5-8-11/h1,3-5,7-10,12,15H,6,14H2. The van der Waals surface area contributed by atoms with Crippen molar-refractivity contribution in [1.29, 1.82) is 0 Å². The van der Waals surface area contributed by atoms with E-state index in [-0.39, 0.29) is 6.04 Å². The Balaban J connectivity index is 2.24. The minimum atomic E-state index is -0.107. The number of hydrazine groups is 1. The lowest BCUT2D eigenvalue weighted by molar-refractivity contribution is 0.548. The van der Waals surface area contributed by atoms with Gasteiger partial charge in [-0.3, -0.25) is 11.3 Å². The van der Waals surface area contributed by atoms with E-state index < -0.39 is 0 Å². The van der Waals surface area contributed by atoms with E-state index in [4.69, 9.17) is 12.3 Å². The third-order valence-electron chi connectivity index (χ3n) is 2.51. The highest BCUT2D eigenvalue weighted by Crippen LogP contribution is 2.14. The molecule has 2 rings (SSSR count). The lowest BCUT2D eigenvalue weighted by Crippen LogP contribution is -2.28. The topological polar surface area (TPSA) is 55.9 Å². The number of rotatable bonds is 4. The molecule has 0 saturated heterocycles. The van der Waals surface area contributed by atoms with Crippen molar-refractivity contribution in [1.82, 2.24) is 15.2 Å². The average Bonchev–Trinajstić information content (AvgIpc) is 2.86. The predicted octanol–water partition coefficient (Wildman–Crippen LogP) is 1.40. The van der Waals surface area contributed by atoms with Gasteiger partial charge in [0.2, 0.25) is 0 Å². The summed E-state index contributed by atoms with van der Waals surface area (Å²) in [5.74, 6) is 8.02. The SMILES string of the molecule is C#CCC(NN)c1ccn(-c2ccccc2)n1. The van der Waals surface area contributed by atoms with Crippen molar-refractivity contribution in [3.8, 4) is 18.0 Å². The number of aromatic nitrogens is 2. The molecule has 4 heteroatoms. The van der Waals surface area contributed by atoms with E-state index in [9.17, 15) is 0 Å². The number of nitrogens with one attached hydrogen (secondary N) is 1. The average molecular weight is 226 g/mol. The molecule has 17 heavy (non-hydrogen) atoms. The molecule has 1 aromatic carbocycles. The van der Waals surface area contributed by atoms with Gasteiger partial charge in [-0.2, -0.15) is 5.10 Å². The predicted molar refractivity (Wildman–Crippen MR) is 67.1 cm³/mol. The summed E-state index contributed by atoms with van der Waals surface area (Å²) < 4.78 is 1.80. The number of hydrogen-bond donors (Lipinski definition) is 2. The molecule has 0 fully saturated rings. The normalized spacial score (nSPS) is 12.0. The second kappa shape index (κ2) is 5.30. The van der Waals surface area contributed by atoms with Gasteiger partial charge in [-0.25, -0.2) is 4.68 Å². The number of benzene rings is 1. The Hall–Kier alpha value is -2.09. The zero-order valence-electron chi connectivity index (χ0n) is 9.38. The van der Waals surface area contributed by atoms with Gasteiger partial charge in [0, 0.05) is 12.6 Å². The van der Waals surface area contributed by atoms with E-state index in [0.717, 1.165) is 11.4 Å². The number of hydrogen-bond acceptors (Lipinski definition) is 3. The fourth-order valence-electron chi connectivity index (χ4n) is 1.62. The molecule has 2 aromatic rings.